The van der Waals surface area contributed by atoms with Crippen LogP contribution in [0.15, 0.2) is 0 Å². The van der Waals surface area contributed by atoms with E-state index in [0.717, 1.165) is 0 Å². The Bertz CT molecular complexity index is 259. The number of ketones is 1. The number of likely N-dealkylation sites (N-methyl/N-ethyl adjacent to an activating group) is 1. The van der Waals surface area contributed by atoms with Crippen LogP contribution in [0.2, 0.25) is 0 Å². The molecule has 1 heterocycles. The zero-order valence-electron chi connectivity index (χ0n) is 9.16. The van der Waals surface area contributed by atoms with Gasteiger partial charge in [-0.25, -0.2) is 0 Å². The van der Waals surface area contributed by atoms with Crippen molar-refractivity contribution in [3.05, 3.63) is 0 Å². The summed E-state index contributed by atoms with van der Waals surface area (Å²) in [6.07, 6.45) is 0. The summed E-state index contributed by atoms with van der Waals surface area (Å²) in [6.45, 7) is 8.47. The van der Waals surface area contributed by atoms with Crippen molar-refractivity contribution in [1.29, 1.82) is 0 Å². The summed E-state index contributed by atoms with van der Waals surface area (Å²) in [6, 6.07) is 0.560. The maximum Gasteiger partial charge on any atom is 0.150 e. The first-order chi connectivity index (χ1) is 5.95. The van der Waals surface area contributed by atoms with E-state index in [1.807, 2.05) is 0 Å². The Morgan fingerprint density at radius 2 is 1.85 bits per heavy atom. The standard InChI is InChI=1S/C11H19NO/c1-6-8(3)12(5)11(9(4)13)7(2)10(6)11/h6-8,10H,1-5H3. The smallest absolute Gasteiger partial charge is 0.150 e. The van der Waals surface area contributed by atoms with Gasteiger partial charge in [-0.2, -0.15) is 0 Å². The lowest BCUT2D eigenvalue weighted by atomic mass is 9.99. The molecule has 74 valence electrons. The van der Waals surface area contributed by atoms with E-state index < -0.39 is 0 Å². The minimum Gasteiger partial charge on any atom is -0.298 e. The quantitative estimate of drug-likeness (QED) is 0.611. The van der Waals surface area contributed by atoms with E-state index in [9.17, 15) is 4.79 Å². The Labute approximate surface area is 80.3 Å². The number of fused-ring (bicyclic) bond motifs is 1. The van der Waals surface area contributed by atoms with Gasteiger partial charge in [-0.1, -0.05) is 13.8 Å². The van der Waals surface area contributed by atoms with Gasteiger partial charge in [-0.15, -0.1) is 0 Å². The van der Waals surface area contributed by atoms with Gasteiger partial charge in [0, 0.05) is 6.04 Å². The van der Waals surface area contributed by atoms with Gasteiger partial charge in [-0.3, -0.25) is 9.69 Å². The molecule has 0 aromatic heterocycles. The van der Waals surface area contributed by atoms with Gasteiger partial charge in [0.25, 0.3) is 0 Å². The predicted molar refractivity (Wildman–Crippen MR) is 52.5 cm³/mol. The number of carbonyl (C=O) groups is 1. The molecule has 0 amide bonds. The van der Waals surface area contributed by atoms with Crippen LogP contribution < -0.4 is 0 Å². The van der Waals surface area contributed by atoms with Gasteiger partial charge in [0.05, 0.1) is 5.54 Å². The number of hydrogen-bond donors (Lipinski definition) is 0. The first kappa shape index (κ1) is 9.20. The molecule has 1 saturated heterocycles. The van der Waals surface area contributed by atoms with Crippen LogP contribution in [0.25, 0.3) is 0 Å². The van der Waals surface area contributed by atoms with Gasteiger partial charge < -0.3 is 0 Å². The summed E-state index contributed by atoms with van der Waals surface area (Å²) in [7, 11) is 2.10. The van der Waals surface area contributed by atoms with Crippen LogP contribution in [0.5, 0.6) is 0 Å². The van der Waals surface area contributed by atoms with Crippen LogP contribution in [0.3, 0.4) is 0 Å². The molecule has 2 aliphatic rings. The van der Waals surface area contributed by atoms with Crippen molar-refractivity contribution in [3.8, 4) is 0 Å². The Hall–Kier alpha value is -0.370. The molecule has 0 spiro atoms. The molecule has 2 heteroatoms. The minimum absolute atomic E-state index is 0.0845. The van der Waals surface area contributed by atoms with Crippen LogP contribution in [-0.2, 0) is 4.79 Å². The van der Waals surface area contributed by atoms with Crippen LogP contribution in [0, 0.1) is 17.8 Å². The third-order valence-electron chi connectivity index (χ3n) is 4.72. The third kappa shape index (κ3) is 0.762. The second-order valence-corrected chi connectivity index (χ2v) is 4.91. The van der Waals surface area contributed by atoms with Crippen LogP contribution >= 0.6 is 0 Å². The van der Waals surface area contributed by atoms with Crippen LogP contribution in [0.4, 0.5) is 0 Å². The van der Waals surface area contributed by atoms with Crippen molar-refractivity contribution in [2.45, 2.75) is 39.3 Å². The molecular weight excluding hydrogens is 162 g/mol. The van der Waals surface area contributed by atoms with Crippen LogP contribution in [-0.4, -0.2) is 29.3 Å². The minimum atomic E-state index is -0.0845. The highest BCUT2D eigenvalue weighted by molar-refractivity contribution is 5.91. The lowest BCUT2D eigenvalue weighted by Gasteiger charge is -2.29. The lowest BCUT2D eigenvalue weighted by molar-refractivity contribution is -0.123. The maximum absolute atomic E-state index is 11.7. The average molecular weight is 181 g/mol. The Kier molecular flexibility index (Phi) is 1.66. The SMILES string of the molecule is CC(=O)C12C(C)C1C(C)C(C)N2C. The Morgan fingerprint density at radius 1 is 1.31 bits per heavy atom. The molecule has 0 aromatic carbocycles. The number of piperidine rings is 1. The number of carbonyl (C=O) groups excluding carboxylic acids is 1. The van der Waals surface area contributed by atoms with E-state index in [4.69, 9.17) is 0 Å². The largest absolute Gasteiger partial charge is 0.298 e. The van der Waals surface area contributed by atoms with E-state index in [0.29, 0.717) is 29.6 Å². The second-order valence-electron chi connectivity index (χ2n) is 4.91. The normalized spacial score (nSPS) is 54.8. The first-order valence-electron chi connectivity index (χ1n) is 5.19. The number of likely N-dealkylation sites (tertiary alicyclic amines) is 1. The Morgan fingerprint density at radius 3 is 2.15 bits per heavy atom. The predicted octanol–water partition coefficient (Wildman–Crippen LogP) is 1.55. The van der Waals surface area contributed by atoms with Crippen molar-refractivity contribution in [2.75, 3.05) is 7.05 Å². The molecule has 2 nitrogen and oxygen atoms in total. The number of nitrogens with zero attached hydrogens (tertiary/aromatic N) is 1. The van der Waals surface area contributed by atoms with Crippen LogP contribution in [0.1, 0.15) is 27.7 Å². The molecule has 0 radical (unpaired) electrons. The van der Waals surface area contributed by atoms with Crippen molar-refractivity contribution in [2.24, 2.45) is 17.8 Å². The fourth-order valence-electron chi connectivity index (χ4n) is 3.78. The molecule has 5 atom stereocenters. The third-order valence-corrected chi connectivity index (χ3v) is 4.72. The molecule has 5 unspecified atom stereocenters. The molecule has 1 aliphatic carbocycles. The number of rotatable bonds is 1. The van der Waals surface area contributed by atoms with E-state index in [2.05, 4.69) is 32.7 Å². The molecule has 0 bridgehead atoms. The zero-order chi connectivity index (χ0) is 9.96. The van der Waals surface area contributed by atoms with Crippen molar-refractivity contribution in [1.82, 2.24) is 4.90 Å². The molecule has 13 heavy (non-hydrogen) atoms. The zero-order valence-corrected chi connectivity index (χ0v) is 9.16. The Balaban J connectivity index is 2.36. The van der Waals surface area contributed by atoms with Crippen molar-refractivity contribution >= 4 is 5.78 Å². The highest BCUT2D eigenvalue weighted by atomic mass is 16.1. The summed E-state index contributed by atoms with van der Waals surface area (Å²) < 4.78 is 0. The molecule has 0 aromatic rings. The van der Waals surface area contributed by atoms with E-state index in [1.54, 1.807) is 6.92 Å². The van der Waals surface area contributed by atoms with Crippen molar-refractivity contribution < 1.29 is 4.79 Å². The summed E-state index contributed by atoms with van der Waals surface area (Å²) in [4.78, 5) is 14.0. The summed E-state index contributed by atoms with van der Waals surface area (Å²) in [5.74, 6) is 2.22. The van der Waals surface area contributed by atoms with Gasteiger partial charge in [-0.05, 0) is 38.6 Å². The topological polar surface area (TPSA) is 20.3 Å². The second kappa shape index (κ2) is 2.35. The molecule has 1 aliphatic heterocycles. The summed E-state index contributed by atoms with van der Waals surface area (Å²) in [5, 5.41) is 0. The lowest BCUT2D eigenvalue weighted by Crippen LogP contribution is -2.43. The molecule has 2 fully saturated rings. The van der Waals surface area contributed by atoms with E-state index >= 15 is 0 Å². The van der Waals surface area contributed by atoms with Gasteiger partial charge in [0.2, 0.25) is 0 Å². The van der Waals surface area contributed by atoms with Gasteiger partial charge >= 0.3 is 0 Å². The summed E-state index contributed by atoms with van der Waals surface area (Å²) >= 11 is 0. The fourth-order valence-corrected chi connectivity index (χ4v) is 3.78. The molecule has 2 rings (SSSR count). The first-order valence-corrected chi connectivity index (χ1v) is 5.19. The number of hydrogen-bond acceptors (Lipinski definition) is 2. The van der Waals surface area contributed by atoms with Gasteiger partial charge in [0.15, 0.2) is 5.78 Å². The fraction of sp³-hybridized carbons (Fsp3) is 0.909. The summed E-state index contributed by atoms with van der Waals surface area (Å²) in [5.41, 5.74) is -0.0845. The number of Topliss-reactive ketones (excluding diaryl/α,β-unsaturated/α-hetero) is 1. The highest BCUT2D eigenvalue weighted by Gasteiger charge is 2.74. The maximum atomic E-state index is 11.7. The van der Waals surface area contributed by atoms with E-state index in [1.165, 1.54) is 0 Å². The molecule has 0 N–H and O–H groups in total. The monoisotopic (exact) mass is 181 g/mol. The molecular formula is C11H19NO. The molecule has 1 saturated carbocycles. The van der Waals surface area contributed by atoms with Gasteiger partial charge in [0.1, 0.15) is 0 Å². The average Bonchev–Trinajstić information content (AvgIpc) is 2.62. The highest BCUT2D eigenvalue weighted by Crippen LogP contribution is 2.64. The van der Waals surface area contributed by atoms with E-state index in [-0.39, 0.29) is 5.54 Å². The van der Waals surface area contributed by atoms with Crippen molar-refractivity contribution in [3.63, 3.8) is 0 Å².